The van der Waals surface area contributed by atoms with Crippen LogP contribution < -0.4 is 16.2 Å². The van der Waals surface area contributed by atoms with Gasteiger partial charge >= 0.3 is 18.0 Å². The van der Waals surface area contributed by atoms with E-state index < -0.39 is 29.5 Å². The Labute approximate surface area is 136 Å². The zero-order chi connectivity index (χ0) is 18.3. The zero-order valence-electron chi connectivity index (χ0n) is 12.9. The molecule has 0 aromatic heterocycles. The molecule has 0 saturated heterocycles. The fourth-order valence-electron chi connectivity index (χ4n) is 1.54. The number of benzene rings is 1. The van der Waals surface area contributed by atoms with Gasteiger partial charge in [-0.15, -0.1) is 0 Å². The Morgan fingerprint density at radius 3 is 2.33 bits per heavy atom. The predicted octanol–water partition coefficient (Wildman–Crippen LogP) is 1.39. The van der Waals surface area contributed by atoms with E-state index >= 15 is 0 Å². The molecule has 1 aromatic carbocycles. The van der Waals surface area contributed by atoms with Gasteiger partial charge in [-0.05, 0) is 37.6 Å². The van der Waals surface area contributed by atoms with Crippen molar-refractivity contribution >= 4 is 23.8 Å². The molecular formula is C15H16F3N3O3. The molecule has 0 aliphatic carbocycles. The Kier molecular flexibility index (Phi) is 6.51. The van der Waals surface area contributed by atoms with Gasteiger partial charge in [-0.1, -0.05) is 12.1 Å². The lowest BCUT2D eigenvalue weighted by atomic mass is 10.1. The van der Waals surface area contributed by atoms with E-state index in [1.165, 1.54) is 12.1 Å². The van der Waals surface area contributed by atoms with Gasteiger partial charge in [-0.3, -0.25) is 25.2 Å². The van der Waals surface area contributed by atoms with Gasteiger partial charge in [0.05, 0.1) is 5.56 Å². The molecule has 0 saturated carbocycles. The van der Waals surface area contributed by atoms with Crippen LogP contribution >= 0.6 is 0 Å². The first-order valence-electron chi connectivity index (χ1n) is 6.85. The molecule has 0 atom stereocenters. The summed E-state index contributed by atoms with van der Waals surface area (Å²) in [5.74, 6) is -2.80. The van der Waals surface area contributed by atoms with Crippen LogP contribution in [0.15, 0.2) is 30.3 Å². The number of hydrogen-bond donors (Lipinski definition) is 3. The summed E-state index contributed by atoms with van der Waals surface area (Å²) in [5.41, 5.74) is 3.13. The maximum Gasteiger partial charge on any atom is 0.416 e. The quantitative estimate of drug-likeness (QED) is 0.440. The zero-order valence-corrected chi connectivity index (χ0v) is 12.9. The van der Waals surface area contributed by atoms with Gasteiger partial charge in [-0.25, -0.2) is 0 Å². The van der Waals surface area contributed by atoms with Crippen molar-refractivity contribution in [3.63, 3.8) is 0 Å². The second-order valence-corrected chi connectivity index (χ2v) is 5.03. The Morgan fingerprint density at radius 1 is 1.08 bits per heavy atom. The molecule has 0 radical (unpaired) electrons. The van der Waals surface area contributed by atoms with Gasteiger partial charge in [0.15, 0.2) is 0 Å². The molecule has 130 valence electrons. The average molecular weight is 343 g/mol. The molecule has 6 nitrogen and oxygen atoms in total. The molecule has 3 amide bonds. The molecule has 1 aromatic rings. The molecule has 0 fully saturated rings. The molecule has 24 heavy (non-hydrogen) atoms. The van der Waals surface area contributed by atoms with Crippen LogP contribution in [0.25, 0.3) is 6.08 Å². The summed E-state index contributed by atoms with van der Waals surface area (Å²) >= 11 is 0. The lowest BCUT2D eigenvalue weighted by Crippen LogP contribution is -2.49. The molecular weight excluding hydrogens is 327 g/mol. The van der Waals surface area contributed by atoms with Crippen LogP contribution in [0.4, 0.5) is 13.2 Å². The van der Waals surface area contributed by atoms with E-state index in [0.29, 0.717) is 0 Å². The van der Waals surface area contributed by atoms with Crippen molar-refractivity contribution in [3.8, 4) is 0 Å². The monoisotopic (exact) mass is 343 g/mol. The molecule has 0 bridgehead atoms. The van der Waals surface area contributed by atoms with Crippen LogP contribution in [0.3, 0.4) is 0 Å². The number of nitrogens with one attached hydrogen (secondary N) is 3. The minimum atomic E-state index is -4.48. The summed E-state index contributed by atoms with van der Waals surface area (Å²) in [7, 11) is 0. The van der Waals surface area contributed by atoms with Gasteiger partial charge < -0.3 is 5.32 Å². The molecule has 0 spiro atoms. The van der Waals surface area contributed by atoms with E-state index in [1.807, 2.05) is 10.9 Å². The third-order valence-electron chi connectivity index (χ3n) is 2.57. The van der Waals surface area contributed by atoms with Crippen molar-refractivity contribution in [2.24, 2.45) is 0 Å². The standard InChI is InChI=1S/C15H16F3N3O3/c1-9(2)19-13(23)14(24)21-20-12(22)7-6-10-4-3-5-11(8-10)15(16,17)18/h3-9H,1-2H3,(H,19,23)(H,20,22)(H,21,24)/b7-6+. The third kappa shape index (κ3) is 6.51. The highest BCUT2D eigenvalue weighted by molar-refractivity contribution is 6.35. The second kappa shape index (κ2) is 8.14. The third-order valence-corrected chi connectivity index (χ3v) is 2.57. The second-order valence-electron chi connectivity index (χ2n) is 5.03. The highest BCUT2D eigenvalue weighted by Gasteiger charge is 2.30. The number of hydrazine groups is 1. The molecule has 0 unspecified atom stereocenters. The van der Waals surface area contributed by atoms with Gasteiger partial charge in [0, 0.05) is 12.1 Å². The van der Waals surface area contributed by atoms with Crippen LogP contribution in [0.1, 0.15) is 25.0 Å². The minimum Gasteiger partial charge on any atom is -0.346 e. The summed E-state index contributed by atoms with van der Waals surface area (Å²) in [6.45, 7) is 3.31. The number of carbonyl (C=O) groups excluding carboxylic acids is 3. The molecule has 0 aliphatic rings. The SMILES string of the molecule is CC(C)NC(=O)C(=O)NNC(=O)/C=C/c1cccc(C(F)(F)F)c1. The van der Waals surface area contributed by atoms with E-state index in [9.17, 15) is 27.6 Å². The Bertz CT molecular complexity index is 655. The number of hydrogen-bond acceptors (Lipinski definition) is 3. The highest BCUT2D eigenvalue weighted by atomic mass is 19.4. The number of rotatable bonds is 3. The molecule has 1 rings (SSSR count). The summed E-state index contributed by atoms with van der Waals surface area (Å²) < 4.78 is 37.7. The summed E-state index contributed by atoms with van der Waals surface area (Å²) in [6, 6.07) is 4.12. The first kappa shape index (κ1) is 19.2. The fraction of sp³-hybridized carbons (Fsp3) is 0.267. The fourth-order valence-corrected chi connectivity index (χ4v) is 1.54. The summed E-state index contributed by atoms with van der Waals surface area (Å²) in [4.78, 5) is 34.1. The molecule has 9 heteroatoms. The van der Waals surface area contributed by atoms with Gasteiger partial charge in [0.25, 0.3) is 5.91 Å². The Balaban J connectivity index is 2.58. The van der Waals surface area contributed by atoms with E-state index in [1.54, 1.807) is 13.8 Å². The normalized spacial score (nSPS) is 11.4. The van der Waals surface area contributed by atoms with Crippen LogP contribution in [-0.2, 0) is 20.6 Å². The smallest absolute Gasteiger partial charge is 0.346 e. The van der Waals surface area contributed by atoms with Crippen molar-refractivity contribution in [2.75, 3.05) is 0 Å². The highest BCUT2D eigenvalue weighted by Crippen LogP contribution is 2.29. The first-order valence-corrected chi connectivity index (χ1v) is 6.85. The molecule has 0 heterocycles. The Morgan fingerprint density at radius 2 is 1.75 bits per heavy atom. The van der Waals surface area contributed by atoms with Gasteiger partial charge in [0.2, 0.25) is 0 Å². The van der Waals surface area contributed by atoms with Crippen molar-refractivity contribution < 1.29 is 27.6 Å². The van der Waals surface area contributed by atoms with Crippen LogP contribution in [-0.4, -0.2) is 23.8 Å². The van der Waals surface area contributed by atoms with E-state index in [-0.39, 0.29) is 11.6 Å². The maximum atomic E-state index is 12.6. The van der Waals surface area contributed by atoms with Crippen LogP contribution in [0.2, 0.25) is 0 Å². The molecule has 3 N–H and O–H groups in total. The first-order chi connectivity index (χ1) is 11.1. The predicted molar refractivity (Wildman–Crippen MR) is 80.0 cm³/mol. The van der Waals surface area contributed by atoms with E-state index in [4.69, 9.17) is 0 Å². The number of alkyl halides is 3. The van der Waals surface area contributed by atoms with Crippen LogP contribution in [0, 0.1) is 0 Å². The largest absolute Gasteiger partial charge is 0.416 e. The summed E-state index contributed by atoms with van der Waals surface area (Å²) in [6.07, 6.45) is -2.41. The lowest BCUT2D eigenvalue weighted by molar-refractivity contribution is -0.140. The van der Waals surface area contributed by atoms with Crippen LogP contribution in [0.5, 0.6) is 0 Å². The number of carbonyl (C=O) groups is 3. The van der Waals surface area contributed by atoms with Crippen molar-refractivity contribution in [1.29, 1.82) is 0 Å². The number of amides is 3. The topological polar surface area (TPSA) is 87.3 Å². The van der Waals surface area contributed by atoms with E-state index in [2.05, 4.69) is 5.32 Å². The molecule has 0 aliphatic heterocycles. The van der Waals surface area contributed by atoms with E-state index in [0.717, 1.165) is 24.3 Å². The Hall–Kier alpha value is -2.84. The van der Waals surface area contributed by atoms with Gasteiger partial charge in [-0.2, -0.15) is 13.2 Å². The lowest BCUT2D eigenvalue weighted by Gasteiger charge is -2.08. The minimum absolute atomic E-state index is 0.156. The van der Waals surface area contributed by atoms with Crippen molar-refractivity contribution in [2.45, 2.75) is 26.1 Å². The maximum absolute atomic E-state index is 12.6. The van der Waals surface area contributed by atoms with Gasteiger partial charge in [0.1, 0.15) is 0 Å². The average Bonchev–Trinajstić information content (AvgIpc) is 2.49. The number of halogens is 3. The van der Waals surface area contributed by atoms with Crippen molar-refractivity contribution in [3.05, 3.63) is 41.5 Å². The summed E-state index contributed by atoms with van der Waals surface area (Å²) in [5, 5.41) is 2.32. The van der Waals surface area contributed by atoms with Crippen molar-refractivity contribution in [1.82, 2.24) is 16.2 Å².